The number of nitrogens with zero attached hydrogens (tertiary/aromatic N) is 2. The summed E-state index contributed by atoms with van der Waals surface area (Å²) in [5.41, 5.74) is 5.28. The van der Waals surface area contributed by atoms with Crippen LogP contribution in [0.4, 0.5) is 0 Å². The molecule has 0 saturated heterocycles. The number of nitrogens with two attached hydrogens (primary N) is 1. The van der Waals surface area contributed by atoms with Crippen LogP contribution in [0.15, 0.2) is 0 Å². The molecule has 1 unspecified atom stereocenters. The predicted octanol–water partition coefficient (Wildman–Crippen LogP) is -0.199. The number of hydrogen-bond acceptors (Lipinski definition) is 5. The van der Waals surface area contributed by atoms with Gasteiger partial charge in [-0.05, 0) is 18.5 Å². The SMILES string of the molecule is Cc1nc(CC(N)C(=O)O)ns1. The van der Waals surface area contributed by atoms with Crippen LogP contribution in [0.5, 0.6) is 0 Å². The maximum absolute atomic E-state index is 10.3. The van der Waals surface area contributed by atoms with Crippen LogP contribution < -0.4 is 5.73 Å². The van der Waals surface area contributed by atoms with Gasteiger partial charge in [0.2, 0.25) is 0 Å². The summed E-state index contributed by atoms with van der Waals surface area (Å²) in [7, 11) is 0. The van der Waals surface area contributed by atoms with Crippen molar-refractivity contribution >= 4 is 17.5 Å². The van der Waals surface area contributed by atoms with E-state index in [0.717, 1.165) is 5.01 Å². The second kappa shape index (κ2) is 3.59. The fourth-order valence-corrected chi connectivity index (χ4v) is 1.21. The lowest BCUT2D eigenvalue weighted by atomic mass is 10.2. The number of aliphatic carboxylic acids is 1. The van der Waals surface area contributed by atoms with Gasteiger partial charge < -0.3 is 10.8 Å². The van der Waals surface area contributed by atoms with Gasteiger partial charge in [-0.3, -0.25) is 4.79 Å². The third-order valence-electron chi connectivity index (χ3n) is 1.29. The quantitative estimate of drug-likeness (QED) is 0.684. The van der Waals surface area contributed by atoms with Crippen molar-refractivity contribution in [2.24, 2.45) is 5.73 Å². The van der Waals surface area contributed by atoms with Gasteiger partial charge in [0, 0.05) is 6.42 Å². The molecule has 0 spiro atoms. The van der Waals surface area contributed by atoms with Gasteiger partial charge in [0.05, 0.1) is 0 Å². The molecule has 0 radical (unpaired) electrons. The van der Waals surface area contributed by atoms with Crippen LogP contribution in [0, 0.1) is 6.92 Å². The standard InChI is InChI=1S/C6H9N3O2S/c1-3-8-5(9-12-3)2-4(7)6(10)11/h4H,2,7H2,1H3,(H,10,11). The second-order valence-electron chi connectivity index (χ2n) is 2.38. The van der Waals surface area contributed by atoms with E-state index in [-0.39, 0.29) is 6.42 Å². The summed E-state index contributed by atoms with van der Waals surface area (Å²) in [5.74, 6) is -0.519. The maximum atomic E-state index is 10.3. The van der Waals surface area contributed by atoms with Crippen molar-refractivity contribution in [3.63, 3.8) is 0 Å². The summed E-state index contributed by atoms with van der Waals surface area (Å²) in [6.07, 6.45) is 0.194. The molecule has 0 aromatic carbocycles. The Morgan fingerprint density at radius 1 is 1.83 bits per heavy atom. The lowest BCUT2D eigenvalue weighted by molar-refractivity contribution is -0.138. The van der Waals surface area contributed by atoms with Gasteiger partial charge in [0.15, 0.2) is 0 Å². The Balaban J connectivity index is 2.58. The van der Waals surface area contributed by atoms with Crippen molar-refractivity contribution in [1.29, 1.82) is 0 Å². The van der Waals surface area contributed by atoms with Gasteiger partial charge in [-0.25, -0.2) is 4.98 Å². The molecule has 3 N–H and O–H groups in total. The van der Waals surface area contributed by atoms with Gasteiger partial charge in [-0.2, -0.15) is 4.37 Å². The van der Waals surface area contributed by atoms with Gasteiger partial charge in [-0.1, -0.05) is 0 Å². The van der Waals surface area contributed by atoms with E-state index < -0.39 is 12.0 Å². The number of aryl methyl sites for hydroxylation is 1. The Morgan fingerprint density at radius 2 is 2.50 bits per heavy atom. The number of aromatic nitrogens is 2. The molecule has 12 heavy (non-hydrogen) atoms. The first kappa shape index (κ1) is 9.08. The normalized spacial score (nSPS) is 12.8. The lowest BCUT2D eigenvalue weighted by Gasteiger charge is -2.00. The smallest absolute Gasteiger partial charge is 0.320 e. The highest BCUT2D eigenvalue weighted by Crippen LogP contribution is 2.03. The van der Waals surface area contributed by atoms with Gasteiger partial charge in [0.1, 0.15) is 16.9 Å². The molecule has 1 aromatic rings. The summed E-state index contributed by atoms with van der Waals surface area (Å²) in [6.45, 7) is 1.81. The van der Waals surface area contributed by atoms with E-state index in [4.69, 9.17) is 10.8 Å². The van der Waals surface area contributed by atoms with E-state index in [0.29, 0.717) is 5.82 Å². The molecule has 0 saturated carbocycles. The average molecular weight is 187 g/mol. The van der Waals surface area contributed by atoms with Crippen molar-refractivity contribution in [1.82, 2.24) is 9.36 Å². The van der Waals surface area contributed by atoms with E-state index in [9.17, 15) is 4.79 Å². The number of carbonyl (C=O) groups is 1. The first-order valence-electron chi connectivity index (χ1n) is 3.37. The van der Waals surface area contributed by atoms with E-state index in [1.807, 2.05) is 6.92 Å². The molecule has 0 fully saturated rings. The Hall–Kier alpha value is -1.01. The zero-order valence-corrected chi connectivity index (χ0v) is 7.34. The molecule has 0 aliphatic carbocycles. The van der Waals surface area contributed by atoms with Crippen molar-refractivity contribution in [3.05, 3.63) is 10.8 Å². The Bertz CT molecular complexity index is 286. The molecule has 5 nitrogen and oxygen atoms in total. The fourth-order valence-electron chi connectivity index (χ4n) is 0.708. The molecule has 0 aliphatic rings. The van der Waals surface area contributed by atoms with E-state index >= 15 is 0 Å². The molecule has 1 rings (SSSR count). The number of rotatable bonds is 3. The molecule has 1 atom stereocenters. The second-order valence-corrected chi connectivity index (χ2v) is 3.33. The molecular formula is C6H9N3O2S. The molecule has 1 aromatic heterocycles. The van der Waals surface area contributed by atoms with Crippen molar-refractivity contribution in [2.75, 3.05) is 0 Å². The van der Waals surface area contributed by atoms with Crippen molar-refractivity contribution in [2.45, 2.75) is 19.4 Å². The van der Waals surface area contributed by atoms with Gasteiger partial charge in [-0.15, -0.1) is 0 Å². The molecule has 0 aliphatic heterocycles. The van der Waals surface area contributed by atoms with Gasteiger partial charge in [0.25, 0.3) is 0 Å². The third kappa shape index (κ3) is 2.24. The molecule has 1 heterocycles. The number of hydrogen-bond donors (Lipinski definition) is 2. The summed E-state index contributed by atoms with van der Waals surface area (Å²) >= 11 is 1.25. The summed E-state index contributed by atoms with van der Waals surface area (Å²) < 4.78 is 3.93. The summed E-state index contributed by atoms with van der Waals surface area (Å²) in [6, 6.07) is -0.904. The van der Waals surface area contributed by atoms with Crippen LogP contribution in [-0.4, -0.2) is 26.5 Å². The van der Waals surface area contributed by atoms with Crippen molar-refractivity contribution < 1.29 is 9.90 Å². The van der Waals surface area contributed by atoms with Crippen LogP contribution in [0.2, 0.25) is 0 Å². The minimum absolute atomic E-state index is 0.194. The highest BCUT2D eigenvalue weighted by Gasteiger charge is 2.14. The van der Waals surface area contributed by atoms with Crippen molar-refractivity contribution in [3.8, 4) is 0 Å². The number of carboxylic acid groups (broad SMARTS) is 1. The van der Waals surface area contributed by atoms with E-state index in [1.165, 1.54) is 11.5 Å². The van der Waals surface area contributed by atoms with Crippen LogP contribution in [0.3, 0.4) is 0 Å². The summed E-state index contributed by atoms with van der Waals surface area (Å²) in [4.78, 5) is 14.3. The predicted molar refractivity (Wildman–Crippen MR) is 44.0 cm³/mol. The minimum Gasteiger partial charge on any atom is -0.480 e. The molecular weight excluding hydrogens is 178 g/mol. The third-order valence-corrected chi connectivity index (χ3v) is 1.95. The molecule has 0 amide bonds. The van der Waals surface area contributed by atoms with Crippen LogP contribution in [0.25, 0.3) is 0 Å². The Kier molecular flexibility index (Phi) is 2.72. The first-order chi connectivity index (χ1) is 5.59. The highest BCUT2D eigenvalue weighted by molar-refractivity contribution is 7.05. The van der Waals surface area contributed by atoms with Crippen LogP contribution in [0.1, 0.15) is 10.8 Å². The minimum atomic E-state index is -1.03. The van der Waals surface area contributed by atoms with E-state index in [1.54, 1.807) is 0 Å². The summed E-state index contributed by atoms with van der Waals surface area (Å²) in [5, 5.41) is 9.29. The highest BCUT2D eigenvalue weighted by atomic mass is 32.1. The molecule has 6 heteroatoms. The van der Waals surface area contributed by atoms with E-state index in [2.05, 4.69) is 9.36 Å². The van der Waals surface area contributed by atoms with Gasteiger partial charge >= 0.3 is 5.97 Å². The Labute approximate surface area is 73.4 Å². The lowest BCUT2D eigenvalue weighted by Crippen LogP contribution is -2.32. The first-order valence-corrected chi connectivity index (χ1v) is 4.14. The Morgan fingerprint density at radius 3 is 2.92 bits per heavy atom. The largest absolute Gasteiger partial charge is 0.480 e. The number of carboxylic acids is 1. The topological polar surface area (TPSA) is 89.1 Å². The maximum Gasteiger partial charge on any atom is 0.320 e. The average Bonchev–Trinajstić information content (AvgIpc) is 2.35. The zero-order valence-electron chi connectivity index (χ0n) is 6.52. The van der Waals surface area contributed by atoms with Crippen LogP contribution >= 0.6 is 11.5 Å². The monoisotopic (exact) mass is 187 g/mol. The van der Waals surface area contributed by atoms with Crippen LogP contribution in [-0.2, 0) is 11.2 Å². The molecule has 0 bridgehead atoms. The zero-order chi connectivity index (χ0) is 9.14. The molecule has 66 valence electrons. The fraction of sp³-hybridized carbons (Fsp3) is 0.500.